The topological polar surface area (TPSA) is 105 Å². The van der Waals surface area contributed by atoms with Gasteiger partial charge in [-0.2, -0.15) is 0 Å². The van der Waals surface area contributed by atoms with E-state index in [0.29, 0.717) is 17.4 Å². The Bertz CT molecular complexity index is 1250. The number of aliphatic hydroxyl groups is 1. The van der Waals surface area contributed by atoms with Crippen LogP contribution in [0.1, 0.15) is 303 Å². The number of rotatable bonds is 57. The summed E-state index contributed by atoms with van der Waals surface area (Å²) >= 11 is 0. The molecule has 3 N–H and O–H groups in total. The van der Waals surface area contributed by atoms with Crippen LogP contribution in [0.25, 0.3) is 0 Å². The molecule has 420 valence electrons. The van der Waals surface area contributed by atoms with Crippen molar-refractivity contribution >= 4 is 13.7 Å². The number of carbonyl (C=O) groups excluding carboxylic acids is 1. The third-order valence-electron chi connectivity index (χ3n) is 14.1. The predicted octanol–water partition coefficient (Wildman–Crippen LogP) is 18.9. The molecule has 0 aromatic rings. The van der Waals surface area contributed by atoms with Crippen LogP contribution in [-0.4, -0.2) is 73.4 Å². The third-order valence-corrected chi connectivity index (χ3v) is 15.1. The summed E-state index contributed by atoms with van der Waals surface area (Å²) in [6.07, 6.45) is 70.3. The van der Waals surface area contributed by atoms with Crippen molar-refractivity contribution in [2.24, 2.45) is 0 Å². The molecule has 0 aromatic heterocycles. The standard InChI is InChI=1S/C62H121N2O6P/c1-6-8-10-12-14-16-18-19-20-21-22-23-24-25-26-27-28-29-30-31-32-33-34-35-36-37-38-39-40-41-42-43-44-45-46-48-50-52-54-56-62(66)63-60(59-70-71(67,68)69-58-57-64(3,4)5)61(65)55-53-51-49-47-17-15-13-11-9-7-2/h17,31-32,47,53,55,60-61,65H,6-16,18-30,33-46,48-52,54,56-59H2,1-5H3,(H-,63,66,67,68)/p+1/b32-31-,47-17+,55-53+. The van der Waals surface area contributed by atoms with E-state index in [1.165, 1.54) is 244 Å². The number of unbranched alkanes of at least 4 members (excludes halogenated alkanes) is 40. The van der Waals surface area contributed by atoms with Gasteiger partial charge in [0.15, 0.2) is 0 Å². The van der Waals surface area contributed by atoms with Crippen molar-refractivity contribution in [3.8, 4) is 0 Å². The van der Waals surface area contributed by atoms with Crippen molar-refractivity contribution in [1.29, 1.82) is 0 Å². The Hall–Kier alpha value is -1.28. The molecule has 71 heavy (non-hydrogen) atoms. The quantitative estimate of drug-likeness (QED) is 0.0243. The number of hydrogen-bond acceptors (Lipinski definition) is 5. The molecule has 0 bridgehead atoms. The minimum atomic E-state index is -4.35. The molecule has 0 radical (unpaired) electrons. The van der Waals surface area contributed by atoms with Crippen LogP contribution in [0, 0.1) is 0 Å². The second-order valence-electron chi connectivity index (χ2n) is 22.4. The number of allylic oxidation sites excluding steroid dienone is 5. The number of nitrogens with one attached hydrogen (secondary N) is 1. The predicted molar refractivity (Wildman–Crippen MR) is 309 cm³/mol. The third kappa shape index (κ3) is 56.3. The average molecular weight is 1020 g/mol. The fourth-order valence-electron chi connectivity index (χ4n) is 9.23. The molecule has 0 fully saturated rings. The van der Waals surface area contributed by atoms with E-state index in [1.807, 2.05) is 27.2 Å². The minimum Gasteiger partial charge on any atom is -0.387 e. The number of amides is 1. The van der Waals surface area contributed by atoms with Crippen LogP contribution in [0.5, 0.6) is 0 Å². The molecular weight excluding hydrogens is 900 g/mol. The van der Waals surface area contributed by atoms with Gasteiger partial charge in [-0.3, -0.25) is 13.8 Å². The zero-order valence-corrected chi connectivity index (χ0v) is 48.9. The van der Waals surface area contributed by atoms with E-state index in [2.05, 4.69) is 43.5 Å². The van der Waals surface area contributed by atoms with Crippen molar-refractivity contribution in [2.45, 2.75) is 315 Å². The van der Waals surface area contributed by atoms with E-state index in [1.54, 1.807) is 6.08 Å². The highest BCUT2D eigenvalue weighted by molar-refractivity contribution is 7.47. The lowest BCUT2D eigenvalue weighted by Crippen LogP contribution is -2.45. The summed E-state index contributed by atoms with van der Waals surface area (Å²) in [6.45, 7) is 4.78. The summed E-state index contributed by atoms with van der Waals surface area (Å²) in [4.78, 5) is 23.2. The van der Waals surface area contributed by atoms with Gasteiger partial charge in [-0.1, -0.05) is 275 Å². The van der Waals surface area contributed by atoms with Crippen LogP contribution in [0.3, 0.4) is 0 Å². The molecule has 0 aromatic carbocycles. The van der Waals surface area contributed by atoms with E-state index in [4.69, 9.17) is 9.05 Å². The van der Waals surface area contributed by atoms with Crippen LogP contribution in [-0.2, 0) is 18.4 Å². The van der Waals surface area contributed by atoms with Crippen molar-refractivity contribution in [2.75, 3.05) is 40.9 Å². The highest BCUT2D eigenvalue weighted by Gasteiger charge is 2.27. The van der Waals surface area contributed by atoms with E-state index in [-0.39, 0.29) is 19.1 Å². The Morgan fingerprint density at radius 2 is 0.775 bits per heavy atom. The second-order valence-corrected chi connectivity index (χ2v) is 23.9. The van der Waals surface area contributed by atoms with Crippen molar-refractivity contribution in [3.63, 3.8) is 0 Å². The maximum absolute atomic E-state index is 12.9. The molecule has 0 spiro atoms. The number of phosphoric ester groups is 1. The zero-order valence-electron chi connectivity index (χ0n) is 48.0. The Morgan fingerprint density at radius 3 is 1.14 bits per heavy atom. The molecule has 0 aliphatic rings. The normalized spacial score (nSPS) is 14.1. The van der Waals surface area contributed by atoms with Gasteiger partial charge in [-0.25, -0.2) is 4.57 Å². The fraction of sp³-hybridized carbons (Fsp3) is 0.887. The van der Waals surface area contributed by atoms with Crippen molar-refractivity contribution in [1.82, 2.24) is 5.32 Å². The number of phosphoric acid groups is 1. The van der Waals surface area contributed by atoms with Gasteiger partial charge in [0.1, 0.15) is 13.2 Å². The lowest BCUT2D eigenvalue weighted by molar-refractivity contribution is -0.870. The molecule has 8 nitrogen and oxygen atoms in total. The van der Waals surface area contributed by atoms with Crippen LogP contribution in [0.2, 0.25) is 0 Å². The summed E-state index contributed by atoms with van der Waals surface area (Å²) in [5.41, 5.74) is 0. The summed E-state index contributed by atoms with van der Waals surface area (Å²) in [5.74, 6) is -0.185. The van der Waals surface area contributed by atoms with E-state index >= 15 is 0 Å². The molecule has 0 saturated carbocycles. The Balaban J connectivity index is 3.82. The lowest BCUT2D eigenvalue weighted by atomic mass is 10.0. The molecule has 0 aliphatic carbocycles. The zero-order chi connectivity index (χ0) is 52.0. The van der Waals surface area contributed by atoms with E-state index < -0.39 is 20.0 Å². The SMILES string of the molecule is CCCCCC/C=C/CC/C=C/C(O)C(COP(=O)(O)OCC[N+](C)(C)C)NC(=O)CCCCCCCCCCCCCCCCCCC/C=C\CCCCCCCCCCCCCCCCCCCC. The molecule has 1 amide bonds. The molecule has 0 heterocycles. The van der Waals surface area contributed by atoms with Gasteiger partial charge < -0.3 is 19.8 Å². The average Bonchev–Trinajstić information content (AvgIpc) is 3.33. The molecular formula is C62H122N2O6P+. The summed E-state index contributed by atoms with van der Waals surface area (Å²) in [5, 5.41) is 13.8. The number of aliphatic hydroxyl groups excluding tert-OH is 1. The molecule has 3 unspecified atom stereocenters. The van der Waals surface area contributed by atoms with E-state index in [9.17, 15) is 19.4 Å². The number of quaternary nitrogens is 1. The first-order valence-corrected chi connectivity index (χ1v) is 32.4. The summed E-state index contributed by atoms with van der Waals surface area (Å²) < 4.78 is 23.6. The number of carbonyl (C=O) groups is 1. The molecule has 9 heteroatoms. The molecule has 0 rings (SSSR count). The highest BCUT2D eigenvalue weighted by atomic mass is 31.2. The first-order valence-electron chi connectivity index (χ1n) is 30.9. The van der Waals surface area contributed by atoms with Gasteiger partial charge in [0.25, 0.3) is 0 Å². The monoisotopic (exact) mass is 1020 g/mol. The fourth-order valence-corrected chi connectivity index (χ4v) is 9.97. The van der Waals surface area contributed by atoms with Crippen LogP contribution in [0.15, 0.2) is 36.5 Å². The molecule has 0 aliphatic heterocycles. The van der Waals surface area contributed by atoms with Crippen LogP contribution < -0.4 is 5.32 Å². The Morgan fingerprint density at radius 1 is 0.465 bits per heavy atom. The second kappa shape index (κ2) is 53.5. The van der Waals surface area contributed by atoms with Gasteiger partial charge >= 0.3 is 7.82 Å². The highest BCUT2D eigenvalue weighted by Crippen LogP contribution is 2.43. The van der Waals surface area contributed by atoms with Crippen molar-refractivity contribution in [3.05, 3.63) is 36.5 Å². The smallest absolute Gasteiger partial charge is 0.387 e. The lowest BCUT2D eigenvalue weighted by Gasteiger charge is -2.25. The number of nitrogens with zero attached hydrogens (tertiary/aromatic N) is 1. The van der Waals surface area contributed by atoms with Gasteiger partial charge in [0.05, 0.1) is 39.9 Å². The largest absolute Gasteiger partial charge is 0.472 e. The van der Waals surface area contributed by atoms with Gasteiger partial charge in [-0.15, -0.1) is 0 Å². The number of likely N-dealkylation sites (N-methyl/N-ethyl adjacent to an activating group) is 1. The summed E-state index contributed by atoms with van der Waals surface area (Å²) in [6, 6.07) is -0.860. The number of hydrogen-bond donors (Lipinski definition) is 3. The maximum atomic E-state index is 12.9. The van der Waals surface area contributed by atoms with Gasteiger partial charge in [0, 0.05) is 6.42 Å². The minimum absolute atomic E-state index is 0.0570. The summed E-state index contributed by atoms with van der Waals surface area (Å²) in [7, 11) is 1.56. The Kier molecular flexibility index (Phi) is 52.6. The Labute approximate surface area is 442 Å². The van der Waals surface area contributed by atoms with Crippen LogP contribution in [0.4, 0.5) is 0 Å². The van der Waals surface area contributed by atoms with Gasteiger partial charge in [0.2, 0.25) is 5.91 Å². The van der Waals surface area contributed by atoms with Crippen molar-refractivity contribution < 1.29 is 32.9 Å². The van der Waals surface area contributed by atoms with Gasteiger partial charge in [-0.05, 0) is 57.8 Å². The molecule has 3 atom stereocenters. The maximum Gasteiger partial charge on any atom is 0.472 e. The molecule has 0 saturated heterocycles. The first kappa shape index (κ1) is 69.7. The van der Waals surface area contributed by atoms with E-state index in [0.717, 1.165) is 38.5 Å². The van der Waals surface area contributed by atoms with Crippen LogP contribution >= 0.6 is 7.82 Å². The first-order chi connectivity index (χ1) is 34.5.